The zero-order valence-corrected chi connectivity index (χ0v) is 11.1. The molecule has 1 aromatic heterocycles. The maximum absolute atomic E-state index is 10.1. The van der Waals surface area contributed by atoms with E-state index in [1.54, 1.807) is 0 Å². The number of hydrogen-bond donors (Lipinski definition) is 1. The van der Waals surface area contributed by atoms with Gasteiger partial charge in [0.2, 0.25) is 0 Å². The van der Waals surface area contributed by atoms with Crippen molar-refractivity contribution in [2.24, 2.45) is 0 Å². The van der Waals surface area contributed by atoms with Crippen LogP contribution in [0.3, 0.4) is 0 Å². The van der Waals surface area contributed by atoms with Gasteiger partial charge in [0.25, 0.3) is 0 Å². The van der Waals surface area contributed by atoms with E-state index in [-0.39, 0.29) is 6.10 Å². The SMILES string of the molecule is Cc1cc2c(n1-c1ccc(Cl)cc1)CCCC2O. The Morgan fingerprint density at radius 2 is 2.00 bits per heavy atom. The van der Waals surface area contributed by atoms with E-state index in [0.29, 0.717) is 0 Å². The highest BCUT2D eigenvalue weighted by atomic mass is 35.5. The number of aryl methyl sites for hydroxylation is 1. The molecule has 0 saturated carbocycles. The first kappa shape index (κ1) is 11.8. The summed E-state index contributed by atoms with van der Waals surface area (Å²) < 4.78 is 2.23. The van der Waals surface area contributed by atoms with Crippen LogP contribution >= 0.6 is 11.6 Å². The Bertz CT molecular complexity index is 571. The summed E-state index contributed by atoms with van der Waals surface area (Å²) in [7, 11) is 0. The molecule has 1 unspecified atom stereocenters. The van der Waals surface area contributed by atoms with Crippen LogP contribution in [0.2, 0.25) is 5.02 Å². The monoisotopic (exact) mass is 261 g/mol. The zero-order chi connectivity index (χ0) is 12.7. The fourth-order valence-corrected chi connectivity index (χ4v) is 2.95. The second-order valence-corrected chi connectivity index (χ2v) is 5.34. The summed E-state index contributed by atoms with van der Waals surface area (Å²) >= 11 is 5.93. The molecule has 0 spiro atoms. The van der Waals surface area contributed by atoms with Crippen LogP contribution in [0.1, 0.15) is 35.9 Å². The zero-order valence-electron chi connectivity index (χ0n) is 10.4. The van der Waals surface area contributed by atoms with Crippen molar-refractivity contribution < 1.29 is 5.11 Å². The Balaban J connectivity index is 2.15. The Kier molecular flexibility index (Phi) is 2.92. The molecule has 1 heterocycles. The highest BCUT2D eigenvalue weighted by Crippen LogP contribution is 2.34. The van der Waals surface area contributed by atoms with Gasteiger partial charge in [-0.1, -0.05) is 11.6 Å². The first-order chi connectivity index (χ1) is 8.66. The summed E-state index contributed by atoms with van der Waals surface area (Å²) in [5.41, 5.74) is 4.62. The minimum Gasteiger partial charge on any atom is -0.388 e. The molecule has 0 amide bonds. The highest BCUT2D eigenvalue weighted by molar-refractivity contribution is 6.30. The maximum Gasteiger partial charge on any atom is 0.0807 e. The molecule has 1 aliphatic rings. The van der Waals surface area contributed by atoms with Crippen LogP contribution in [0.25, 0.3) is 5.69 Å². The molecule has 0 saturated heterocycles. The van der Waals surface area contributed by atoms with Crippen molar-refractivity contribution in [2.45, 2.75) is 32.3 Å². The number of hydrogen-bond acceptors (Lipinski definition) is 1. The lowest BCUT2D eigenvalue weighted by Crippen LogP contribution is -2.11. The summed E-state index contributed by atoms with van der Waals surface area (Å²) in [5.74, 6) is 0. The van der Waals surface area contributed by atoms with Gasteiger partial charge in [-0.3, -0.25) is 0 Å². The predicted octanol–water partition coefficient (Wildman–Crippen LogP) is 3.81. The molecule has 1 atom stereocenters. The summed E-state index contributed by atoms with van der Waals surface area (Å²) in [6.45, 7) is 2.08. The number of aliphatic hydroxyl groups excluding tert-OH is 1. The molecular weight excluding hydrogens is 246 g/mol. The number of fused-ring (bicyclic) bond motifs is 1. The number of aliphatic hydroxyl groups is 1. The molecule has 2 nitrogen and oxygen atoms in total. The Morgan fingerprint density at radius 3 is 2.72 bits per heavy atom. The van der Waals surface area contributed by atoms with Crippen LogP contribution in [0.5, 0.6) is 0 Å². The molecule has 3 heteroatoms. The summed E-state index contributed by atoms with van der Waals surface area (Å²) in [4.78, 5) is 0. The molecule has 0 radical (unpaired) electrons. The number of nitrogens with zero attached hydrogens (tertiary/aromatic N) is 1. The van der Waals surface area contributed by atoms with Gasteiger partial charge in [-0.05, 0) is 56.5 Å². The molecule has 1 aliphatic carbocycles. The van der Waals surface area contributed by atoms with E-state index in [1.807, 2.05) is 24.3 Å². The van der Waals surface area contributed by atoms with E-state index >= 15 is 0 Å². The van der Waals surface area contributed by atoms with E-state index in [2.05, 4.69) is 17.6 Å². The van der Waals surface area contributed by atoms with Gasteiger partial charge in [-0.25, -0.2) is 0 Å². The third-order valence-electron chi connectivity index (χ3n) is 3.66. The van der Waals surface area contributed by atoms with Crippen molar-refractivity contribution in [2.75, 3.05) is 0 Å². The number of benzene rings is 1. The normalized spacial score (nSPS) is 18.7. The van der Waals surface area contributed by atoms with Crippen molar-refractivity contribution in [3.63, 3.8) is 0 Å². The van der Waals surface area contributed by atoms with Crippen molar-refractivity contribution in [3.8, 4) is 5.69 Å². The molecular formula is C15H16ClNO. The lowest BCUT2D eigenvalue weighted by atomic mass is 9.95. The maximum atomic E-state index is 10.1. The topological polar surface area (TPSA) is 25.2 Å². The van der Waals surface area contributed by atoms with E-state index < -0.39 is 0 Å². The van der Waals surface area contributed by atoms with Crippen LogP contribution in [0.4, 0.5) is 0 Å². The number of rotatable bonds is 1. The second-order valence-electron chi connectivity index (χ2n) is 4.91. The molecule has 18 heavy (non-hydrogen) atoms. The van der Waals surface area contributed by atoms with Crippen LogP contribution < -0.4 is 0 Å². The van der Waals surface area contributed by atoms with Gasteiger partial charge in [0.05, 0.1) is 6.10 Å². The molecule has 1 aromatic carbocycles. The van der Waals surface area contributed by atoms with Crippen LogP contribution in [0.15, 0.2) is 30.3 Å². The minimum atomic E-state index is -0.305. The predicted molar refractivity (Wildman–Crippen MR) is 73.4 cm³/mol. The fourth-order valence-electron chi connectivity index (χ4n) is 2.83. The van der Waals surface area contributed by atoms with Gasteiger partial charge in [0, 0.05) is 27.7 Å². The molecule has 0 fully saturated rings. The minimum absolute atomic E-state index is 0.305. The highest BCUT2D eigenvalue weighted by Gasteiger charge is 2.23. The van der Waals surface area contributed by atoms with Crippen molar-refractivity contribution >= 4 is 11.6 Å². The summed E-state index contributed by atoms with van der Waals surface area (Å²) in [6, 6.07) is 9.96. The van der Waals surface area contributed by atoms with Crippen LogP contribution in [-0.4, -0.2) is 9.67 Å². The third-order valence-corrected chi connectivity index (χ3v) is 3.91. The third kappa shape index (κ3) is 1.86. The lowest BCUT2D eigenvalue weighted by molar-refractivity contribution is 0.156. The standard InChI is InChI=1S/C15H16ClNO/c1-10-9-13-14(3-2-4-15(13)18)17(10)12-7-5-11(16)6-8-12/h5-9,15,18H,2-4H2,1H3. The summed E-state index contributed by atoms with van der Waals surface area (Å²) in [5, 5.41) is 10.8. The molecule has 0 aliphatic heterocycles. The molecule has 3 rings (SSSR count). The first-order valence-corrected chi connectivity index (χ1v) is 6.70. The van der Waals surface area contributed by atoms with E-state index in [1.165, 1.54) is 11.4 Å². The second kappa shape index (κ2) is 4.45. The van der Waals surface area contributed by atoms with Gasteiger partial charge in [0.1, 0.15) is 0 Å². The lowest BCUT2D eigenvalue weighted by Gasteiger charge is -2.20. The van der Waals surface area contributed by atoms with Gasteiger partial charge in [0.15, 0.2) is 0 Å². The number of halogens is 1. The average molecular weight is 262 g/mol. The van der Waals surface area contributed by atoms with Gasteiger partial charge in [-0.2, -0.15) is 0 Å². The van der Waals surface area contributed by atoms with Gasteiger partial charge < -0.3 is 9.67 Å². The van der Waals surface area contributed by atoms with Crippen molar-refractivity contribution in [3.05, 3.63) is 52.3 Å². The molecule has 2 aromatic rings. The Morgan fingerprint density at radius 1 is 1.28 bits per heavy atom. The van der Waals surface area contributed by atoms with Crippen molar-refractivity contribution in [1.29, 1.82) is 0 Å². The Labute approximate surface area is 112 Å². The molecule has 94 valence electrons. The largest absolute Gasteiger partial charge is 0.388 e. The Hall–Kier alpha value is -1.25. The van der Waals surface area contributed by atoms with Gasteiger partial charge in [-0.15, -0.1) is 0 Å². The van der Waals surface area contributed by atoms with E-state index in [4.69, 9.17) is 11.6 Å². The number of aromatic nitrogens is 1. The summed E-state index contributed by atoms with van der Waals surface area (Å²) in [6.07, 6.45) is 2.64. The fraction of sp³-hybridized carbons (Fsp3) is 0.333. The first-order valence-electron chi connectivity index (χ1n) is 6.32. The van der Waals surface area contributed by atoms with Crippen LogP contribution in [0, 0.1) is 6.92 Å². The average Bonchev–Trinajstić information content (AvgIpc) is 2.69. The smallest absolute Gasteiger partial charge is 0.0807 e. The quantitative estimate of drug-likeness (QED) is 0.830. The van der Waals surface area contributed by atoms with E-state index in [9.17, 15) is 5.11 Å². The van der Waals surface area contributed by atoms with Crippen LogP contribution in [-0.2, 0) is 6.42 Å². The molecule has 1 N–H and O–H groups in total. The molecule has 0 bridgehead atoms. The van der Waals surface area contributed by atoms with Crippen molar-refractivity contribution in [1.82, 2.24) is 4.57 Å². The van der Waals surface area contributed by atoms with Gasteiger partial charge >= 0.3 is 0 Å². The van der Waals surface area contributed by atoms with E-state index in [0.717, 1.165) is 35.5 Å².